The monoisotopic (exact) mass is 235 g/mol. The molecule has 0 saturated carbocycles. The third-order valence-electron chi connectivity index (χ3n) is 1.41. The summed E-state index contributed by atoms with van der Waals surface area (Å²) in [6, 6.07) is 0. The molecule has 14 heavy (non-hydrogen) atoms. The highest BCUT2D eigenvalue weighted by Gasteiger charge is 2.15. The number of imidazole rings is 1. The van der Waals surface area contributed by atoms with Gasteiger partial charge in [0.05, 0.1) is 6.33 Å². The molecule has 1 rings (SSSR count). The van der Waals surface area contributed by atoms with Gasteiger partial charge in [-0.05, 0) is 0 Å². The van der Waals surface area contributed by atoms with E-state index in [-0.39, 0.29) is 16.6 Å². The molecule has 1 N–H and O–H groups in total. The number of aryl methyl sites for hydroxylation is 1. The average Bonchev–Trinajstić information content (AvgIpc) is 2.49. The second-order valence-corrected chi connectivity index (χ2v) is 4.97. The molecule has 0 aliphatic heterocycles. The van der Waals surface area contributed by atoms with E-state index in [1.807, 2.05) is 0 Å². The number of hydrogen-bond acceptors (Lipinski definition) is 3. The van der Waals surface area contributed by atoms with E-state index in [9.17, 15) is 8.42 Å². The Balaban J connectivity index is 2.81. The lowest BCUT2D eigenvalue weighted by atomic mass is 10.7. The fourth-order valence-electron chi connectivity index (χ4n) is 0.775. The zero-order valence-electron chi connectivity index (χ0n) is 7.57. The van der Waals surface area contributed by atoms with Crippen LogP contribution in [-0.4, -0.2) is 24.5 Å². The predicted octanol–water partition coefficient (Wildman–Crippen LogP) is 0.451. The number of sulfonamides is 1. The van der Waals surface area contributed by atoms with E-state index >= 15 is 0 Å². The maximum atomic E-state index is 11.5. The molecule has 5 nitrogen and oxygen atoms in total. The molecule has 0 fully saturated rings. The van der Waals surface area contributed by atoms with Crippen LogP contribution < -0.4 is 4.72 Å². The Morgan fingerprint density at radius 2 is 2.43 bits per heavy atom. The fourth-order valence-corrected chi connectivity index (χ4v) is 1.92. The van der Waals surface area contributed by atoms with Crippen molar-refractivity contribution in [1.82, 2.24) is 14.3 Å². The van der Waals surface area contributed by atoms with Crippen LogP contribution in [0, 0.1) is 0 Å². The van der Waals surface area contributed by atoms with Crippen molar-refractivity contribution in [2.45, 2.75) is 5.03 Å². The summed E-state index contributed by atoms with van der Waals surface area (Å²) in [5.74, 6) is 0. The smallest absolute Gasteiger partial charge is 0.259 e. The lowest BCUT2D eigenvalue weighted by Gasteiger charge is -2.01. The van der Waals surface area contributed by atoms with Gasteiger partial charge in [0, 0.05) is 24.8 Å². The average molecular weight is 236 g/mol. The first kappa shape index (κ1) is 11.2. The number of aromatic nitrogens is 2. The van der Waals surface area contributed by atoms with E-state index in [1.165, 1.54) is 12.5 Å². The Morgan fingerprint density at radius 1 is 1.79 bits per heavy atom. The highest BCUT2D eigenvalue weighted by Crippen LogP contribution is 2.04. The van der Waals surface area contributed by atoms with Gasteiger partial charge < -0.3 is 4.57 Å². The minimum Gasteiger partial charge on any atom is -0.339 e. The van der Waals surface area contributed by atoms with Crippen LogP contribution in [0.1, 0.15) is 0 Å². The van der Waals surface area contributed by atoms with Gasteiger partial charge in [0.2, 0.25) is 0 Å². The maximum absolute atomic E-state index is 11.5. The van der Waals surface area contributed by atoms with E-state index in [0.29, 0.717) is 0 Å². The Hall–Kier alpha value is -0.850. The van der Waals surface area contributed by atoms with Crippen LogP contribution in [0.25, 0.3) is 0 Å². The Morgan fingerprint density at radius 3 is 2.86 bits per heavy atom. The second kappa shape index (κ2) is 4.12. The number of nitrogens with one attached hydrogen (secondary N) is 1. The predicted molar refractivity (Wildman–Crippen MR) is 53.4 cm³/mol. The normalized spacial score (nSPS) is 11.6. The maximum Gasteiger partial charge on any atom is 0.259 e. The van der Waals surface area contributed by atoms with Gasteiger partial charge in [0.15, 0.2) is 5.03 Å². The molecule has 0 unspecified atom stereocenters. The van der Waals surface area contributed by atoms with Gasteiger partial charge in [-0.1, -0.05) is 18.2 Å². The van der Waals surface area contributed by atoms with Crippen LogP contribution in [0.2, 0.25) is 0 Å². The van der Waals surface area contributed by atoms with E-state index in [4.69, 9.17) is 11.6 Å². The van der Waals surface area contributed by atoms with Crippen LogP contribution in [0.4, 0.5) is 0 Å². The van der Waals surface area contributed by atoms with Crippen molar-refractivity contribution in [2.24, 2.45) is 7.05 Å². The van der Waals surface area contributed by atoms with Gasteiger partial charge in [0.25, 0.3) is 10.0 Å². The Labute approximate surface area is 87.5 Å². The number of hydrogen-bond donors (Lipinski definition) is 1. The molecule has 1 aromatic rings. The summed E-state index contributed by atoms with van der Waals surface area (Å²) in [6.45, 7) is 3.37. The molecule has 0 spiro atoms. The van der Waals surface area contributed by atoms with Crippen molar-refractivity contribution in [3.05, 3.63) is 24.1 Å². The lowest BCUT2D eigenvalue weighted by molar-refractivity contribution is 0.582. The van der Waals surface area contributed by atoms with Crippen LogP contribution in [0.5, 0.6) is 0 Å². The van der Waals surface area contributed by atoms with E-state index < -0.39 is 10.0 Å². The summed E-state index contributed by atoms with van der Waals surface area (Å²) in [5.41, 5.74) is 0. The summed E-state index contributed by atoms with van der Waals surface area (Å²) in [5, 5.41) is 0.197. The number of nitrogens with zero attached hydrogens (tertiary/aromatic N) is 2. The molecule has 0 atom stereocenters. The summed E-state index contributed by atoms with van der Waals surface area (Å²) in [6.07, 6.45) is 2.81. The van der Waals surface area contributed by atoms with Gasteiger partial charge in [-0.25, -0.2) is 18.1 Å². The molecule has 7 heteroatoms. The van der Waals surface area contributed by atoms with Crippen LogP contribution in [-0.2, 0) is 17.1 Å². The van der Waals surface area contributed by atoms with E-state index in [0.717, 1.165) is 0 Å². The van der Waals surface area contributed by atoms with Crippen molar-refractivity contribution in [3.63, 3.8) is 0 Å². The summed E-state index contributed by atoms with van der Waals surface area (Å²) in [4.78, 5) is 3.71. The van der Waals surface area contributed by atoms with E-state index in [1.54, 1.807) is 11.6 Å². The van der Waals surface area contributed by atoms with Gasteiger partial charge in [-0.15, -0.1) is 0 Å². The molecule has 1 aromatic heterocycles. The highest BCUT2D eigenvalue weighted by atomic mass is 35.5. The molecular formula is C7H10ClN3O2S. The first-order valence-corrected chi connectivity index (χ1v) is 5.59. The fraction of sp³-hybridized carbons (Fsp3) is 0.286. The molecule has 0 radical (unpaired) electrons. The van der Waals surface area contributed by atoms with Gasteiger partial charge in [0.1, 0.15) is 0 Å². The molecule has 0 saturated heterocycles. The number of halogens is 1. The molecule has 0 bridgehead atoms. The van der Waals surface area contributed by atoms with Crippen LogP contribution in [0.15, 0.2) is 29.2 Å². The van der Waals surface area contributed by atoms with Crippen LogP contribution in [0.3, 0.4) is 0 Å². The zero-order chi connectivity index (χ0) is 10.8. The molecule has 0 aliphatic carbocycles. The minimum atomic E-state index is -3.56. The molecule has 0 aromatic carbocycles. The van der Waals surface area contributed by atoms with Gasteiger partial charge in [-0.2, -0.15) is 0 Å². The SMILES string of the molecule is C=C(Cl)CNS(=O)(=O)c1cn(C)cn1. The Bertz CT molecular complexity index is 438. The standard InChI is InChI=1S/C7H10ClN3O2S/c1-6(8)3-10-14(12,13)7-4-11(2)5-9-7/h4-5,10H,1,3H2,2H3. The molecular weight excluding hydrogens is 226 g/mol. The summed E-state index contributed by atoms with van der Waals surface area (Å²) >= 11 is 5.43. The van der Waals surface area contributed by atoms with Crippen molar-refractivity contribution >= 4 is 21.6 Å². The first-order chi connectivity index (χ1) is 6.42. The minimum absolute atomic E-state index is 0.000459. The number of rotatable bonds is 4. The van der Waals surface area contributed by atoms with Crippen molar-refractivity contribution < 1.29 is 8.42 Å². The summed E-state index contributed by atoms with van der Waals surface area (Å²) in [7, 11) is -1.87. The van der Waals surface area contributed by atoms with Crippen LogP contribution >= 0.6 is 11.6 Å². The largest absolute Gasteiger partial charge is 0.339 e. The van der Waals surface area contributed by atoms with Crippen molar-refractivity contribution in [2.75, 3.05) is 6.54 Å². The second-order valence-electron chi connectivity index (χ2n) is 2.72. The van der Waals surface area contributed by atoms with E-state index in [2.05, 4.69) is 16.3 Å². The Kier molecular flexibility index (Phi) is 3.30. The quantitative estimate of drug-likeness (QED) is 0.824. The lowest BCUT2D eigenvalue weighted by Crippen LogP contribution is -2.25. The first-order valence-electron chi connectivity index (χ1n) is 3.73. The highest BCUT2D eigenvalue weighted by molar-refractivity contribution is 7.89. The third-order valence-corrected chi connectivity index (χ3v) is 2.83. The summed E-state index contributed by atoms with van der Waals surface area (Å²) < 4.78 is 26.7. The van der Waals surface area contributed by atoms with Crippen molar-refractivity contribution in [3.8, 4) is 0 Å². The van der Waals surface area contributed by atoms with Crippen molar-refractivity contribution in [1.29, 1.82) is 0 Å². The molecule has 0 amide bonds. The van der Waals surface area contributed by atoms with Gasteiger partial charge in [-0.3, -0.25) is 0 Å². The topological polar surface area (TPSA) is 64.0 Å². The molecule has 0 aliphatic rings. The third kappa shape index (κ3) is 2.83. The molecule has 1 heterocycles. The zero-order valence-corrected chi connectivity index (χ0v) is 9.14. The molecule has 78 valence electrons. The van der Waals surface area contributed by atoms with Gasteiger partial charge >= 0.3 is 0 Å².